The molecular formula is C19H19NO5. The Balaban J connectivity index is 2.04. The molecule has 0 unspecified atom stereocenters. The molecule has 0 saturated carbocycles. The molecule has 0 aliphatic rings. The number of amides is 1. The monoisotopic (exact) mass is 341 g/mol. The van der Waals surface area contributed by atoms with Crippen LogP contribution < -0.4 is 14.8 Å². The first-order chi connectivity index (χ1) is 12.0. The number of hydrogen-bond acceptors (Lipinski definition) is 4. The van der Waals surface area contributed by atoms with Crippen LogP contribution in [0.3, 0.4) is 0 Å². The van der Waals surface area contributed by atoms with Gasteiger partial charge in [-0.25, -0.2) is 0 Å². The predicted octanol–water partition coefficient (Wildman–Crippen LogP) is 2.98. The highest BCUT2D eigenvalue weighted by Gasteiger charge is 2.04. The lowest BCUT2D eigenvalue weighted by Crippen LogP contribution is -2.08. The second-order valence-electron chi connectivity index (χ2n) is 5.20. The molecule has 0 atom stereocenters. The molecule has 6 heteroatoms. The highest BCUT2D eigenvalue weighted by molar-refractivity contribution is 6.02. The molecule has 0 aromatic heterocycles. The molecule has 2 rings (SSSR count). The van der Waals surface area contributed by atoms with Crippen molar-refractivity contribution in [2.75, 3.05) is 19.5 Å². The van der Waals surface area contributed by atoms with Crippen LogP contribution in [0, 0.1) is 0 Å². The lowest BCUT2D eigenvalue weighted by atomic mass is 10.1. The first kappa shape index (κ1) is 18.1. The quantitative estimate of drug-likeness (QED) is 0.756. The fourth-order valence-electron chi connectivity index (χ4n) is 2.20. The van der Waals surface area contributed by atoms with Gasteiger partial charge in [-0.15, -0.1) is 0 Å². The van der Waals surface area contributed by atoms with Gasteiger partial charge in [-0.05, 0) is 42.0 Å². The van der Waals surface area contributed by atoms with Crippen molar-refractivity contribution in [1.82, 2.24) is 0 Å². The second-order valence-corrected chi connectivity index (χ2v) is 5.20. The predicted molar refractivity (Wildman–Crippen MR) is 95.0 cm³/mol. The van der Waals surface area contributed by atoms with E-state index in [1.807, 2.05) is 0 Å². The summed E-state index contributed by atoms with van der Waals surface area (Å²) in [6.45, 7) is 0. The molecule has 0 radical (unpaired) electrons. The van der Waals surface area contributed by atoms with Crippen LogP contribution in [-0.4, -0.2) is 31.2 Å². The second kappa shape index (κ2) is 8.54. The Morgan fingerprint density at radius 2 is 1.80 bits per heavy atom. The molecule has 130 valence electrons. The van der Waals surface area contributed by atoms with Crippen LogP contribution in [0.5, 0.6) is 11.5 Å². The van der Waals surface area contributed by atoms with E-state index < -0.39 is 5.97 Å². The number of hydrogen-bond donors (Lipinski definition) is 2. The summed E-state index contributed by atoms with van der Waals surface area (Å²) in [5, 5.41) is 11.5. The number of carbonyl (C=O) groups excluding carboxylic acids is 1. The maximum Gasteiger partial charge on any atom is 0.307 e. The van der Waals surface area contributed by atoms with Gasteiger partial charge >= 0.3 is 5.97 Å². The number of carbonyl (C=O) groups is 2. The number of carboxylic acid groups (broad SMARTS) is 1. The minimum Gasteiger partial charge on any atom is -0.497 e. The fourth-order valence-corrected chi connectivity index (χ4v) is 2.20. The van der Waals surface area contributed by atoms with Crippen molar-refractivity contribution in [1.29, 1.82) is 0 Å². The Labute approximate surface area is 145 Å². The third-order valence-electron chi connectivity index (χ3n) is 3.43. The Kier molecular flexibility index (Phi) is 6.17. The van der Waals surface area contributed by atoms with Crippen LogP contribution in [0.2, 0.25) is 0 Å². The zero-order valence-electron chi connectivity index (χ0n) is 14.0. The van der Waals surface area contributed by atoms with Crippen LogP contribution >= 0.6 is 0 Å². The van der Waals surface area contributed by atoms with Crippen molar-refractivity contribution in [2.45, 2.75) is 6.42 Å². The van der Waals surface area contributed by atoms with E-state index in [0.717, 1.165) is 0 Å². The van der Waals surface area contributed by atoms with Crippen LogP contribution in [0.25, 0.3) is 6.08 Å². The van der Waals surface area contributed by atoms with E-state index in [2.05, 4.69) is 5.32 Å². The third kappa shape index (κ3) is 5.39. The smallest absolute Gasteiger partial charge is 0.307 e. The van der Waals surface area contributed by atoms with E-state index >= 15 is 0 Å². The standard InChI is InChI=1S/C19H19NO5/c1-24-16-8-9-17(25-2)14(12-16)5-10-18(21)20-15-6-3-13(4-7-15)11-19(22)23/h3-10,12H,11H2,1-2H3,(H,20,21)(H,22,23)/b10-5+. The zero-order chi connectivity index (χ0) is 18.2. The number of methoxy groups -OCH3 is 2. The molecule has 1 amide bonds. The van der Waals surface area contributed by atoms with Crippen molar-refractivity contribution in [3.8, 4) is 11.5 Å². The Bertz CT molecular complexity index is 781. The molecule has 0 heterocycles. The number of anilines is 1. The number of ether oxygens (including phenoxy) is 2. The Hall–Kier alpha value is -3.28. The van der Waals surface area contributed by atoms with Crippen LogP contribution in [-0.2, 0) is 16.0 Å². The Morgan fingerprint density at radius 1 is 1.08 bits per heavy atom. The maximum absolute atomic E-state index is 12.0. The minimum absolute atomic E-state index is 0.0518. The number of rotatable bonds is 7. The molecular weight excluding hydrogens is 322 g/mol. The molecule has 6 nitrogen and oxygen atoms in total. The molecule has 0 bridgehead atoms. The van der Waals surface area contributed by atoms with Crippen LogP contribution in [0.4, 0.5) is 5.69 Å². The van der Waals surface area contributed by atoms with Gasteiger partial charge in [0.2, 0.25) is 5.91 Å². The van der Waals surface area contributed by atoms with E-state index in [0.29, 0.717) is 28.3 Å². The van der Waals surface area contributed by atoms with Crippen molar-refractivity contribution >= 4 is 23.6 Å². The lowest BCUT2D eigenvalue weighted by Gasteiger charge is -2.07. The number of nitrogens with one attached hydrogen (secondary N) is 1. The first-order valence-electron chi connectivity index (χ1n) is 7.53. The topological polar surface area (TPSA) is 84.9 Å². The van der Waals surface area contributed by atoms with Gasteiger partial charge in [0.15, 0.2) is 0 Å². The van der Waals surface area contributed by atoms with Gasteiger partial charge in [-0.1, -0.05) is 12.1 Å². The van der Waals surface area contributed by atoms with Gasteiger partial charge in [-0.2, -0.15) is 0 Å². The third-order valence-corrected chi connectivity index (χ3v) is 3.43. The largest absolute Gasteiger partial charge is 0.497 e. The summed E-state index contributed by atoms with van der Waals surface area (Å²) in [6, 6.07) is 12.0. The van der Waals surface area contributed by atoms with E-state index in [4.69, 9.17) is 14.6 Å². The summed E-state index contributed by atoms with van der Waals surface area (Å²) in [5.41, 5.74) is 1.97. The SMILES string of the molecule is COc1ccc(OC)c(/C=C/C(=O)Nc2ccc(CC(=O)O)cc2)c1. The van der Waals surface area contributed by atoms with Crippen molar-refractivity contribution in [3.05, 3.63) is 59.7 Å². The fraction of sp³-hybridized carbons (Fsp3) is 0.158. The summed E-state index contributed by atoms with van der Waals surface area (Å²) in [4.78, 5) is 22.7. The molecule has 0 aliphatic heterocycles. The van der Waals surface area contributed by atoms with Crippen LogP contribution in [0.1, 0.15) is 11.1 Å². The summed E-state index contributed by atoms with van der Waals surface area (Å²) in [5.74, 6) is 0.0839. The van der Waals surface area contributed by atoms with E-state index in [1.165, 1.54) is 6.08 Å². The highest BCUT2D eigenvalue weighted by atomic mass is 16.5. The zero-order valence-corrected chi connectivity index (χ0v) is 14.0. The van der Waals surface area contributed by atoms with E-state index in [-0.39, 0.29) is 12.3 Å². The number of benzene rings is 2. The van der Waals surface area contributed by atoms with Crippen molar-refractivity contribution in [3.63, 3.8) is 0 Å². The van der Waals surface area contributed by atoms with Crippen LogP contribution in [0.15, 0.2) is 48.5 Å². The molecule has 0 spiro atoms. The van der Waals surface area contributed by atoms with Gasteiger partial charge in [0.25, 0.3) is 0 Å². The summed E-state index contributed by atoms with van der Waals surface area (Å²) < 4.78 is 10.4. The summed E-state index contributed by atoms with van der Waals surface area (Å²) >= 11 is 0. The number of aliphatic carboxylic acids is 1. The first-order valence-corrected chi connectivity index (χ1v) is 7.53. The number of carboxylic acids is 1. The lowest BCUT2D eigenvalue weighted by molar-refractivity contribution is -0.136. The molecule has 0 aliphatic carbocycles. The minimum atomic E-state index is -0.896. The summed E-state index contributed by atoms with van der Waals surface area (Å²) in [7, 11) is 3.12. The van der Waals surface area contributed by atoms with Gasteiger partial charge in [-0.3, -0.25) is 9.59 Å². The molecule has 2 aromatic rings. The van der Waals surface area contributed by atoms with Gasteiger partial charge in [0.1, 0.15) is 11.5 Å². The molecule has 0 saturated heterocycles. The molecule has 2 N–H and O–H groups in total. The average molecular weight is 341 g/mol. The maximum atomic E-state index is 12.0. The molecule has 25 heavy (non-hydrogen) atoms. The molecule has 0 fully saturated rings. The highest BCUT2D eigenvalue weighted by Crippen LogP contribution is 2.25. The van der Waals surface area contributed by atoms with Gasteiger partial charge in [0.05, 0.1) is 20.6 Å². The Morgan fingerprint density at radius 3 is 2.40 bits per heavy atom. The van der Waals surface area contributed by atoms with Gasteiger partial charge in [0, 0.05) is 17.3 Å². The van der Waals surface area contributed by atoms with Crippen molar-refractivity contribution < 1.29 is 24.2 Å². The van der Waals surface area contributed by atoms with E-state index in [9.17, 15) is 9.59 Å². The molecule has 2 aromatic carbocycles. The average Bonchev–Trinajstić information content (AvgIpc) is 2.61. The van der Waals surface area contributed by atoms with Gasteiger partial charge < -0.3 is 19.9 Å². The van der Waals surface area contributed by atoms with Crippen molar-refractivity contribution in [2.24, 2.45) is 0 Å². The normalized spacial score (nSPS) is 10.5. The summed E-state index contributed by atoms with van der Waals surface area (Å²) in [6.07, 6.45) is 2.97. The van der Waals surface area contributed by atoms with E-state index in [1.54, 1.807) is 62.8 Å².